The maximum absolute atomic E-state index is 12.9. The van der Waals surface area contributed by atoms with E-state index in [1.165, 1.54) is 12.8 Å². The Morgan fingerprint density at radius 3 is 2.53 bits per heavy atom. The summed E-state index contributed by atoms with van der Waals surface area (Å²) < 4.78 is 0. The predicted octanol–water partition coefficient (Wildman–Crippen LogP) is 4.79. The molecule has 1 fully saturated rings. The zero-order chi connectivity index (χ0) is 23.8. The van der Waals surface area contributed by atoms with Gasteiger partial charge in [-0.05, 0) is 62.4 Å². The lowest BCUT2D eigenvalue weighted by molar-refractivity contribution is -0.117. The van der Waals surface area contributed by atoms with Crippen LogP contribution < -0.4 is 5.32 Å². The topological polar surface area (TPSA) is 74.2 Å². The molecule has 4 heterocycles. The van der Waals surface area contributed by atoms with Gasteiger partial charge in [0.15, 0.2) is 5.82 Å². The predicted molar refractivity (Wildman–Crippen MR) is 139 cm³/mol. The van der Waals surface area contributed by atoms with Gasteiger partial charge in [0.2, 0.25) is 5.91 Å². The number of thiophene rings is 1. The lowest BCUT2D eigenvalue weighted by Crippen LogP contribution is -2.47. The molecule has 7 nitrogen and oxygen atoms in total. The van der Waals surface area contributed by atoms with Crippen molar-refractivity contribution in [2.75, 3.05) is 38.0 Å². The molecule has 1 aliphatic heterocycles. The second-order valence-electron chi connectivity index (χ2n) is 8.75. The van der Waals surface area contributed by atoms with E-state index in [2.05, 4.69) is 38.9 Å². The minimum absolute atomic E-state index is 0.0415. The van der Waals surface area contributed by atoms with Gasteiger partial charge in [-0.25, -0.2) is 9.97 Å². The highest BCUT2D eigenvalue weighted by molar-refractivity contribution is 7.13. The summed E-state index contributed by atoms with van der Waals surface area (Å²) in [7, 11) is 0. The normalized spacial score (nSPS) is 15.0. The quantitative estimate of drug-likeness (QED) is 0.452. The Bertz CT molecular complexity index is 1030. The lowest BCUT2D eigenvalue weighted by atomic mass is 10.0. The number of anilines is 1. The minimum Gasteiger partial charge on any atom is -0.309 e. The van der Waals surface area contributed by atoms with Gasteiger partial charge in [0, 0.05) is 31.4 Å². The van der Waals surface area contributed by atoms with Gasteiger partial charge in [-0.1, -0.05) is 26.0 Å². The molecule has 34 heavy (non-hydrogen) atoms. The molecule has 1 saturated heterocycles. The number of hydrogen-bond acceptors (Lipinski definition) is 7. The molecule has 1 amide bonds. The van der Waals surface area contributed by atoms with E-state index in [0.717, 1.165) is 49.6 Å². The van der Waals surface area contributed by atoms with Crippen molar-refractivity contribution in [2.45, 2.75) is 45.6 Å². The fourth-order valence-corrected chi connectivity index (χ4v) is 5.21. The zero-order valence-electron chi connectivity index (χ0n) is 20.1. The molecule has 3 aromatic rings. The van der Waals surface area contributed by atoms with Crippen LogP contribution in [0.2, 0.25) is 0 Å². The third kappa shape index (κ3) is 6.46. The molecule has 8 heteroatoms. The van der Waals surface area contributed by atoms with Gasteiger partial charge in [0.1, 0.15) is 5.82 Å². The Labute approximate surface area is 206 Å². The van der Waals surface area contributed by atoms with Crippen molar-refractivity contribution in [2.24, 2.45) is 0 Å². The number of nitrogens with one attached hydrogen (secondary N) is 1. The van der Waals surface area contributed by atoms with Crippen LogP contribution in [-0.2, 0) is 4.79 Å². The molecule has 0 spiro atoms. The molecule has 3 aromatic heterocycles. The highest BCUT2D eigenvalue weighted by atomic mass is 32.1. The van der Waals surface area contributed by atoms with E-state index in [9.17, 15) is 4.79 Å². The summed E-state index contributed by atoms with van der Waals surface area (Å²) in [5.41, 5.74) is 1.45. The average Bonchev–Trinajstić information content (AvgIpc) is 3.40. The summed E-state index contributed by atoms with van der Waals surface area (Å²) in [5, 5.41) is 5.01. The van der Waals surface area contributed by atoms with Crippen LogP contribution in [0.3, 0.4) is 0 Å². The van der Waals surface area contributed by atoms with Crippen LogP contribution in [0.15, 0.2) is 48.0 Å². The van der Waals surface area contributed by atoms with E-state index in [4.69, 9.17) is 4.98 Å². The van der Waals surface area contributed by atoms with Gasteiger partial charge >= 0.3 is 0 Å². The molecule has 0 atom stereocenters. The van der Waals surface area contributed by atoms with Gasteiger partial charge in [-0.2, -0.15) is 0 Å². The van der Waals surface area contributed by atoms with Crippen molar-refractivity contribution in [1.29, 1.82) is 0 Å². The maximum Gasteiger partial charge on any atom is 0.239 e. The summed E-state index contributed by atoms with van der Waals surface area (Å²) in [6.07, 6.45) is 6.36. The van der Waals surface area contributed by atoms with Crippen molar-refractivity contribution in [3.05, 3.63) is 48.0 Å². The van der Waals surface area contributed by atoms with E-state index in [-0.39, 0.29) is 5.91 Å². The molecule has 1 N–H and O–H groups in total. The average molecular weight is 479 g/mol. The molecule has 0 saturated carbocycles. The van der Waals surface area contributed by atoms with Crippen molar-refractivity contribution < 1.29 is 4.79 Å². The molecular weight excluding hydrogens is 444 g/mol. The molecule has 0 aliphatic carbocycles. The molecule has 180 valence electrons. The van der Waals surface area contributed by atoms with Gasteiger partial charge in [0.05, 0.1) is 22.8 Å². The highest BCUT2D eigenvalue weighted by Gasteiger charge is 2.25. The fraction of sp³-hybridized carbons (Fsp3) is 0.462. The number of amides is 1. The Balaban J connectivity index is 1.41. The van der Waals surface area contributed by atoms with E-state index < -0.39 is 0 Å². The number of rotatable bonds is 10. The summed E-state index contributed by atoms with van der Waals surface area (Å²) in [6, 6.07) is 12.1. The highest BCUT2D eigenvalue weighted by Crippen LogP contribution is 2.26. The first kappa shape index (κ1) is 24.4. The number of piperidine rings is 1. The number of nitrogens with zero attached hydrogens (tertiary/aromatic N) is 5. The third-order valence-corrected chi connectivity index (χ3v) is 6.99. The van der Waals surface area contributed by atoms with Crippen LogP contribution in [0, 0.1) is 0 Å². The van der Waals surface area contributed by atoms with E-state index in [1.807, 2.05) is 35.7 Å². The fourth-order valence-electron chi connectivity index (χ4n) is 4.55. The number of hydrogen-bond donors (Lipinski definition) is 1. The molecule has 0 unspecified atom stereocenters. The standard InChI is InChI=1S/C26H34N6OS/c1-3-13-32(14-4-2)20-10-15-31(16-11-20)19-25(33)29-24-18-22(21-8-5-6-12-27-21)28-26(30-24)23-9-7-17-34-23/h5-9,12,17-18,20H,3-4,10-11,13-16,19H2,1-2H3,(H,28,29,30,33). The number of pyridine rings is 1. The molecule has 0 aromatic carbocycles. The van der Waals surface area contributed by atoms with Crippen molar-refractivity contribution >= 4 is 23.1 Å². The van der Waals surface area contributed by atoms with Crippen LogP contribution in [0.1, 0.15) is 39.5 Å². The Morgan fingerprint density at radius 2 is 1.88 bits per heavy atom. The second kappa shape index (κ2) is 12.1. The van der Waals surface area contributed by atoms with Gasteiger partial charge in [-0.15, -0.1) is 11.3 Å². The number of carbonyl (C=O) groups excluding carboxylic acids is 1. The summed E-state index contributed by atoms with van der Waals surface area (Å²) >= 11 is 1.57. The first-order valence-corrected chi connectivity index (χ1v) is 13.1. The molecule has 0 bridgehead atoms. The first-order chi connectivity index (χ1) is 16.7. The van der Waals surface area contributed by atoms with Gasteiger partial charge in [0.25, 0.3) is 0 Å². The smallest absolute Gasteiger partial charge is 0.239 e. The zero-order valence-corrected chi connectivity index (χ0v) is 20.9. The van der Waals surface area contributed by atoms with Crippen LogP contribution in [0.4, 0.5) is 5.82 Å². The minimum atomic E-state index is -0.0415. The van der Waals surface area contributed by atoms with E-state index in [0.29, 0.717) is 29.9 Å². The van der Waals surface area contributed by atoms with Crippen LogP contribution in [0.25, 0.3) is 22.1 Å². The second-order valence-corrected chi connectivity index (χ2v) is 9.69. The Morgan fingerprint density at radius 1 is 1.09 bits per heavy atom. The maximum atomic E-state index is 12.9. The Kier molecular flexibility index (Phi) is 8.73. The molecule has 0 radical (unpaired) electrons. The van der Waals surface area contributed by atoms with Crippen molar-refractivity contribution in [1.82, 2.24) is 24.8 Å². The number of aromatic nitrogens is 3. The molecule has 4 rings (SSSR count). The van der Waals surface area contributed by atoms with Gasteiger partial charge in [-0.3, -0.25) is 14.7 Å². The summed E-state index contributed by atoms with van der Waals surface area (Å²) in [5.74, 6) is 1.07. The third-order valence-electron chi connectivity index (χ3n) is 6.12. The Hall–Kier alpha value is -2.68. The lowest BCUT2D eigenvalue weighted by Gasteiger charge is -2.38. The van der Waals surface area contributed by atoms with Crippen LogP contribution in [-0.4, -0.2) is 69.4 Å². The summed E-state index contributed by atoms with van der Waals surface area (Å²) in [4.78, 5) is 32.5. The van der Waals surface area contributed by atoms with Gasteiger partial charge < -0.3 is 10.2 Å². The van der Waals surface area contributed by atoms with Crippen molar-refractivity contribution in [3.8, 4) is 22.1 Å². The van der Waals surface area contributed by atoms with E-state index in [1.54, 1.807) is 23.6 Å². The molecular formula is C26H34N6OS. The summed E-state index contributed by atoms with van der Waals surface area (Å²) in [6.45, 7) is 9.11. The molecule has 1 aliphatic rings. The largest absolute Gasteiger partial charge is 0.309 e. The monoisotopic (exact) mass is 478 g/mol. The first-order valence-electron chi connectivity index (χ1n) is 12.3. The van der Waals surface area contributed by atoms with Crippen LogP contribution in [0.5, 0.6) is 0 Å². The number of carbonyl (C=O) groups is 1. The SMILES string of the molecule is CCCN(CCC)C1CCN(CC(=O)Nc2cc(-c3ccccn3)nc(-c3cccs3)n2)CC1. The number of likely N-dealkylation sites (tertiary alicyclic amines) is 1. The van der Waals surface area contributed by atoms with E-state index >= 15 is 0 Å². The van der Waals surface area contributed by atoms with Crippen LogP contribution >= 0.6 is 11.3 Å². The van der Waals surface area contributed by atoms with Crippen molar-refractivity contribution in [3.63, 3.8) is 0 Å².